The summed E-state index contributed by atoms with van der Waals surface area (Å²) in [7, 11) is 0. The van der Waals surface area contributed by atoms with Gasteiger partial charge in [-0.25, -0.2) is 0 Å². The van der Waals surface area contributed by atoms with Crippen LogP contribution >= 0.6 is 11.6 Å². The van der Waals surface area contributed by atoms with E-state index in [9.17, 15) is 4.79 Å². The van der Waals surface area contributed by atoms with Gasteiger partial charge in [0.05, 0.1) is 6.10 Å². The average molecular weight is 256 g/mol. The van der Waals surface area contributed by atoms with Crippen molar-refractivity contribution >= 4 is 17.6 Å². The van der Waals surface area contributed by atoms with Crippen molar-refractivity contribution in [3.63, 3.8) is 0 Å². The Morgan fingerprint density at radius 3 is 2.88 bits per heavy atom. The molecule has 0 bridgehead atoms. The van der Waals surface area contributed by atoms with Crippen molar-refractivity contribution in [1.82, 2.24) is 0 Å². The van der Waals surface area contributed by atoms with Gasteiger partial charge < -0.3 is 15.6 Å². The highest BCUT2D eigenvalue weighted by Crippen LogP contribution is 2.31. The highest BCUT2D eigenvalue weighted by molar-refractivity contribution is 6.30. The smallest absolute Gasteiger partial charge is 0.320 e. The van der Waals surface area contributed by atoms with Crippen LogP contribution < -0.4 is 10.5 Å². The van der Waals surface area contributed by atoms with E-state index in [2.05, 4.69) is 0 Å². The summed E-state index contributed by atoms with van der Waals surface area (Å²) < 4.78 is 5.68. The van der Waals surface area contributed by atoms with Crippen LogP contribution in [0.2, 0.25) is 5.02 Å². The number of ether oxygens (including phenoxy) is 1. The maximum Gasteiger partial charge on any atom is 0.320 e. The number of carbonyl (C=O) groups is 1. The maximum atomic E-state index is 10.7. The minimum Gasteiger partial charge on any atom is -0.490 e. The largest absolute Gasteiger partial charge is 0.490 e. The van der Waals surface area contributed by atoms with Gasteiger partial charge in [-0.15, -0.1) is 0 Å². The van der Waals surface area contributed by atoms with Crippen molar-refractivity contribution in [3.05, 3.63) is 28.8 Å². The normalized spacial score (nSPS) is 16.6. The Balaban J connectivity index is 2.16. The lowest BCUT2D eigenvalue weighted by Gasteiger charge is -2.13. The molecule has 4 nitrogen and oxygen atoms in total. The highest BCUT2D eigenvalue weighted by atomic mass is 35.5. The molecule has 0 saturated heterocycles. The number of hydrogen-bond acceptors (Lipinski definition) is 3. The molecule has 0 heterocycles. The fraction of sp³-hybridized carbons (Fsp3) is 0.417. The molecule has 92 valence electrons. The molecule has 1 aliphatic rings. The lowest BCUT2D eigenvalue weighted by molar-refractivity contribution is -0.138. The number of hydrogen-bond donors (Lipinski definition) is 2. The van der Waals surface area contributed by atoms with Gasteiger partial charge >= 0.3 is 5.97 Å². The molecule has 1 saturated carbocycles. The summed E-state index contributed by atoms with van der Waals surface area (Å²) >= 11 is 5.89. The summed E-state index contributed by atoms with van der Waals surface area (Å²) in [6.07, 6.45) is 2.58. The van der Waals surface area contributed by atoms with E-state index in [-0.39, 0.29) is 12.5 Å². The van der Waals surface area contributed by atoms with E-state index in [1.807, 2.05) is 0 Å². The third kappa shape index (κ3) is 3.35. The first-order valence-corrected chi connectivity index (χ1v) is 5.87. The van der Waals surface area contributed by atoms with E-state index in [0.717, 1.165) is 18.4 Å². The van der Waals surface area contributed by atoms with Gasteiger partial charge in [0, 0.05) is 11.4 Å². The van der Waals surface area contributed by atoms with E-state index in [4.69, 9.17) is 27.2 Å². The van der Waals surface area contributed by atoms with Gasteiger partial charge in [-0.05, 0) is 36.6 Å². The molecule has 5 heteroatoms. The summed E-state index contributed by atoms with van der Waals surface area (Å²) in [5.41, 5.74) is 6.27. The predicted octanol–water partition coefficient (Wildman–Crippen LogP) is 1.84. The van der Waals surface area contributed by atoms with Crippen LogP contribution in [0.1, 0.15) is 18.4 Å². The number of benzene rings is 1. The number of aliphatic carboxylic acids is 1. The third-order valence-electron chi connectivity index (χ3n) is 2.60. The summed E-state index contributed by atoms with van der Waals surface area (Å²) in [6, 6.07) is 4.27. The molecule has 1 aromatic carbocycles. The van der Waals surface area contributed by atoms with Crippen molar-refractivity contribution in [2.75, 3.05) is 0 Å². The second-order valence-electron chi connectivity index (χ2n) is 4.22. The molecule has 1 aliphatic carbocycles. The second kappa shape index (κ2) is 4.94. The molecule has 0 spiro atoms. The first-order chi connectivity index (χ1) is 8.06. The van der Waals surface area contributed by atoms with Gasteiger partial charge in [0.25, 0.3) is 0 Å². The van der Waals surface area contributed by atoms with Crippen LogP contribution in [0.15, 0.2) is 18.2 Å². The van der Waals surface area contributed by atoms with Gasteiger partial charge in [0.15, 0.2) is 0 Å². The van der Waals surface area contributed by atoms with Crippen LogP contribution in [0.25, 0.3) is 0 Å². The van der Waals surface area contributed by atoms with E-state index in [1.165, 1.54) is 0 Å². The van der Waals surface area contributed by atoms with Crippen LogP contribution in [0.5, 0.6) is 5.75 Å². The number of rotatable bonds is 5. The highest BCUT2D eigenvalue weighted by Gasteiger charge is 2.25. The van der Waals surface area contributed by atoms with E-state index in [0.29, 0.717) is 10.8 Å². The molecule has 3 N–H and O–H groups in total. The molecular weight excluding hydrogens is 242 g/mol. The van der Waals surface area contributed by atoms with Gasteiger partial charge in [-0.3, -0.25) is 4.79 Å². The molecule has 1 aromatic rings. The van der Waals surface area contributed by atoms with Gasteiger partial charge in [0.2, 0.25) is 0 Å². The number of halogens is 1. The first kappa shape index (κ1) is 12.2. The number of nitrogens with two attached hydrogens (primary N) is 1. The van der Waals surface area contributed by atoms with E-state index < -0.39 is 12.0 Å². The average Bonchev–Trinajstić information content (AvgIpc) is 3.05. The second-order valence-corrected chi connectivity index (χ2v) is 4.65. The van der Waals surface area contributed by atoms with Crippen molar-refractivity contribution in [2.24, 2.45) is 5.73 Å². The van der Waals surface area contributed by atoms with Gasteiger partial charge in [-0.2, -0.15) is 0 Å². The molecule has 1 atom stereocenters. The lowest BCUT2D eigenvalue weighted by atomic mass is 10.1. The number of carboxylic acids is 1. The minimum atomic E-state index is -1.03. The standard InChI is InChI=1S/C12H14ClNO3/c13-8-1-4-11(17-9-2-3-9)7(5-8)6-10(14)12(15)16/h1,4-5,9-10H,2-3,6,14H2,(H,15,16)/t10-/m0/s1. The summed E-state index contributed by atoms with van der Waals surface area (Å²) in [6.45, 7) is 0. The molecule has 1 fully saturated rings. The summed E-state index contributed by atoms with van der Waals surface area (Å²) in [5, 5.41) is 9.36. The van der Waals surface area contributed by atoms with Crippen molar-refractivity contribution < 1.29 is 14.6 Å². The lowest BCUT2D eigenvalue weighted by Crippen LogP contribution is -2.32. The predicted molar refractivity (Wildman–Crippen MR) is 64.4 cm³/mol. The molecular formula is C12H14ClNO3. The zero-order valence-corrected chi connectivity index (χ0v) is 9.98. The Morgan fingerprint density at radius 2 is 2.29 bits per heavy atom. The summed E-state index contributed by atoms with van der Waals surface area (Å²) in [4.78, 5) is 10.7. The maximum absolute atomic E-state index is 10.7. The van der Waals surface area contributed by atoms with Crippen LogP contribution in [-0.4, -0.2) is 23.2 Å². The fourth-order valence-electron chi connectivity index (χ4n) is 1.51. The third-order valence-corrected chi connectivity index (χ3v) is 2.83. The molecule has 2 rings (SSSR count). The first-order valence-electron chi connectivity index (χ1n) is 5.49. The van der Waals surface area contributed by atoms with Crippen LogP contribution in [-0.2, 0) is 11.2 Å². The van der Waals surface area contributed by atoms with Crippen LogP contribution in [0, 0.1) is 0 Å². The van der Waals surface area contributed by atoms with Crippen LogP contribution in [0.3, 0.4) is 0 Å². The fourth-order valence-corrected chi connectivity index (χ4v) is 1.71. The topological polar surface area (TPSA) is 72.5 Å². The SMILES string of the molecule is N[C@@H](Cc1cc(Cl)ccc1OC1CC1)C(=O)O. The Hall–Kier alpha value is -1.26. The van der Waals surface area contributed by atoms with Crippen molar-refractivity contribution in [2.45, 2.75) is 31.4 Å². The van der Waals surface area contributed by atoms with Crippen LogP contribution in [0.4, 0.5) is 0 Å². The number of carboxylic acid groups (broad SMARTS) is 1. The molecule has 17 heavy (non-hydrogen) atoms. The van der Waals surface area contributed by atoms with E-state index in [1.54, 1.807) is 18.2 Å². The van der Waals surface area contributed by atoms with Gasteiger partial charge in [0.1, 0.15) is 11.8 Å². The monoisotopic (exact) mass is 255 g/mol. The Bertz CT molecular complexity index is 432. The molecule has 0 amide bonds. The zero-order valence-electron chi connectivity index (χ0n) is 9.23. The molecule has 0 aromatic heterocycles. The van der Waals surface area contributed by atoms with Gasteiger partial charge in [-0.1, -0.05) is 11.6 Å². The molecule has 0 radical (unpaired) electrons. The molecule has 0 unspecified atom stereocenters. The Labute approximate surface area is 104 Å². The quantitative estimate of drug-likeness (QED) is 0.842. The zero-order chi connectivity index (χ0) is 12.4. The summed E-state index contributed by atoms with van der Waals surface area (Å²) in [5.74, 6) is -0.337. The van der Waals surface area contributed by atoms with E-state index >= 15 is 0 Å². The molecule has 0 aliphatic heterocycles. The Kier molecular flexibility index (Phi) is 3.54. The minimum absolute atomic E-state index is 0.220. The van der Waals surface area contributed by atoms with Crippen molar-refractivity contribution in [3.8, 4) is 5.75 Å². The van der Waals surface area contributed by atoms with Crippen molar-refractivity contribution in [1.29, 1.82) is 0 Å². The Morgan fingerprint density at radius 1 is 1.59 bits per heavy atom.